The smallest absolute Gasteiger partial charge is 0.319 e. The van der Waals surface area contributed by atoms with Crippen LogP contribution in [0, 0.1) is 6.92 Å². The maximum atomic E-state index is 11.8. The van der Waals surface area contributed by atoms with E-state index in [0.29, 0.717) is 6.61 Å². The number of aryl methyl sites for hydroxylation is 1. The van der Waals surface area contributed by atoms with Crippen LogP contribution in [0.3, 0.4) is 0 Å². The van der Waals surface area contributed by atoms with E-state index in [1.54, 1.807) is 6.92 Å². The van der Waals surface area contributed by atoms with Crippen LogP contribution in [0.15, 0.2) is 29.2 Å². The molecule has 0 fully saturated rings. The van der Waals surface area contributed by atoms with Crippen molar-refractivity contribution in [1.82, 2.24) is 0 Å². The van der Waals surface area contributed by atoms with Gasteiger partial charge in [-0.25, -0.2) is 0 Å². The van der Waals surface area contributed by atoms with E-state index in [0.717, 1.165) is 10.5 Å². The lowest BCUT2D eigenvalue weighted by atomic mass is 10.2. The summed E-state index contributed by atoms with van der Waals surface area (Å²) < 4.78 is 4.99. The zero-order valence-electron chi connectivity index (χ0n) is 11.2. The van der Waals surface area contributed by atoms with Crippen molar-refractivity contribution in [3.63, 3.8) is 0 Å². The first-order valence-electron chi connectivity index (χ1n) is 6.18. The predicted molar refractivity (Wildman–Crippen MR) is 76.1 cm³/mol. The second kappa shape index (κ2) is 7.96. The summed E-state index contributed by atoms with van der Waals surface area (Å²) in [6.45, 7) is 4.00. The first-order chi connectivity index (χ1) is 9.06. The molecule has 19 heavy (non-hydrogen) atoms. The molecular weight excluding hydrogens is 262 g/mol. The number of hydrogen-bond acceptors (Lipinski definition) is 5. The molecule has 5 heteroatoms. The number of thioether (sulfide) groups is 1. The zero-order chi connectivity index (χ0) is 14.3. The third-order valence-electron chi connectivity index (χ3n) is 2.49. The summed E-state index contributed by atoms with van der Waals surface area (Å²) >= 11 is 1.34. The van der Waals surface area contributed by atoms with E-state index >= 15 is 0 Å². The van der Waals surface area contributed by atoms with Gasteiger partial charge in [-0.15, -0.1) is 11.8 Å². The summed E-state index contributed by atoms with van der Waals surface area (Å²) in [6, 6.07) is 7.79. The summed E-state index contributed by atoms with van der Waals surface area (Å²) in [6.07, 6.45) is 0.105. The first-order valence-corrected chi connectivity index (χ1v) is 7.06. The topological polar surface area (TPSA) is 69.4 Å². The standard InChI is InChI=1S/C14H19NO3S/c1-3-18-14(17)13(8-11(16)9-15)19-12-6-4-10(2)5-7-12/h4-7,13H,3,8-9,15H2,1-2H3. The Balaban J connectivity index is 2.75. The number of rotatable bonds is 7. The van der Waals surface area contributed by atoms with Crippen LogP contribution in [0.25, 0.3) is 0 Å². The second-order valence-electron chi connectivity index (χ2n) is 4.12. The van der Waals surface area contributed by atoms with Crippen LogP contribution < -0.4 is 5.73 Å². The van der Waals surface area contributed by atoms with Crippen molar-refractivity contribution < 1.29 is 14.3 Å². The fourth-order valence-corrected chi connectivity index (χ4v) is 2.53. The van der Waals surface area contributed by atoms with Gasteiger partial charge in [0.15, 0.2) is 0 Å². The van der Waals surface area contributed by atoms with E-state index in [4.69, 9.17) is 10.5 Å². The largest absolute Gasteiger partial charge is 0.465 e. The molecule has 1 aromatic carbocycles. The maximum Gasteiger partial charge on any atom is 0.319 e. The summed E-state index contributed by atoms with van der Waals surface area (Å²) in [5.41, 5.74) is 6.44. The third kappa shape index (κ3) is 5.44. The number of Topliss-reactive ketones (excluding diaryl/α,β-unsaturated/α-hetero) is 1. The van der Waals surface area contributed by atoms with Gasteiger partial charge in [-0.3, -0.25) is 9.59 Å². The van der Waals surface area contributed by atoms with Crippen LogP contribution in [0.1, 0.15) is 18.9 Å². The summed E-state index contributed by atoms with van der Waals surface area (Å²) in [5.74, 6) is -0.507. The summed E-state index contributed by atoms with van der Waals surface area (Å²) in [5, 5.41) is -0.529. The second-order valence-corrected chi connectivity index (χ2v) is 5.39. The number of hydrogen-bond donors (Lipinski definition) is 1. The van der Waals surface area contributed by atoms with Crippen LogP contribution >= 0.6 is 11.8 Å². The molecule has 0 amide bonds. The molecule has 1 rings (SSSR count). The molecule has 4 nitrogen and oxygen atoms in total. The minimum atomic E-state index is -0.529. The quantitative estimate of drug-likeness (QED) is 0.611. The molecule has 0 aliphatic heterocycles. The molecule has 0 saturated heterocycles. The monoisotopic (exact) mass is 281 g/mol. The Morgan fingerprint density at radius 1 is 1.32 bits per heavy atom. The Morgan fingerprint density at radius 2 is 1.95 bits per heavy atom. The van der Waals surface area contributed by atoms with Gasteiger partial charge in [0, 0.05) is 11.3 Å². The highest BCUT2D eigenvalue weighted by atomic mass is 32.2. The maximum absolute atomic E-state index is 11.8. The van der Waals surface area contributed by atoms with E-state index in [2.05, 4.69) is 0 Å². The highest BCUT2D eigenvalue weighted by Gasteiger charge is 2.23. The molecule has 0 saturated carbocycles. The van der Waals surface area contributed by atoms with Crippen LogP contribution in [-0.4, -0.2) is 30.2 Å². The molecule has 104 valence electrons. The SMILES string of the molecule is CCOC(=O)C(CC(=O)CN)Sc1ccc(C)cc1. The van der Waals surface area contributed by atoms with Crippen LogP contribution in [0.4, 0.5) is 0 Å². The minimum absolute atomic E-state index is 0.0512. The number of carbonyl (C=O) groups excluding carboxylic acids is 2. The molecule has 0 heterocycles. The molecule has 0 aliphatic carbocycles. The molecule has 2 N–H and O–H groups in total. The van der Waals surface area contributed by atoms with Crippen molar-refractivity contribution in [2.24, 2.45) is 5.73 Å². The number of ether oxygens (including phenoxy) is 1. The fourth-order valence-electron chi connectivity index (χ4n) is 1.48. The number of nitrogens with two attached hydrogens (primary N) is 1. The normalized spacial score (nSPS) is 11.9. The van der Waals surface area contributed by atoms with Crippen molar-refractivity contribution in [1.29, 1.82) is 0 Å². The predicted octanol–water partition coefficient (Wildman–Crippen LogP) is 1.94. The van der Waals surface area contributed by atoms with Gasteiger partial charge in [0.05, 0.1) is 13.2 Å². The van der Waals surface area contributed by atoms with Crippen molar-refractivity contribution >= 4 is 23.5 Å². The lowest BCUT2D eigenvalue weighted by molar-refractivity contribution is -0.143. The molecule has 0 radical (unpaired) electrons. The van der Waals surface area contributed by atoms with E-state index in [1.165, 1.54) is 11.8 Å². The fraction of sp³-hybridized carbons (Fsp3) is 0.429. The van der Waals surface area contributed by atoms with Gasteiger partial charge in [-0.05, 0) is 26.0 Å². The molecular formula is C14H19NO3S. The zero-order valence-corrected chi connectivity index (χ0v) is 12.0. The van der Waals surface area contributed by atoms with Gasteiger partial charge >= 0.3 is 5.97 Å². The molecule has 1 unspecified atom stereocenters. The molecule has 0 aliphatic rings. The third-order valence-corrected chi connectivity index (χ3v) is 3.68. The lowest BCUT2D eigenvalue weighted by Gasteiger charge is -2.14. The van der Waals surface area contributed by atoms with E-state index in [-0.39, 0.29) is 24.7 Å². The van der Waals surface area contributed by atoms with Crippen LogP contribution in [-0.2, 0) is 14.3 Å². The van der Waals surface area contributed by atoms with Crippen LogP contribution in [0.5, 0.6) is 0 Å². The Bertz CT molecular complexity index is 431. The molecule has 1 aromatic rings. The van der Waals surface area contributed by atoms with Gasteiger partial charge in [-0.1, -0.05) is 17.7 Å². The molecule has 0 bridgehead atoms. The molecule has 1 atom stereocenters. The van der Waals surface area contributed by atoms with E-state index < -0.39 is 5.25 Å². The number of esters is 1. The molecule has 0 aromatic heterocycles. The highest BCUT2D eigenvalue weighted by molar-refractivity contribution is 8.00. The number of ketones is 1. The van der Waals surface area contributed by atoms with E-state index in [1.807, 2.05) is 31.2 Å². The Hall–Kier alpha value is -1.33. The lowest BCUT2D eigenvalue weighted by Crippen LogP contribution is -2.26. The van der Waals surface area contributed by atoms with Gasteiger partial charge < -0.3 is 10.5 Å². The Labute approximate surface area is 117 Å². The van der Waals surface area contributed by atoms with Crippen molar-refractivity contribution in [3.05, 3.63) is 29.8 Å². The van der Waals surface area contributed by atoms with Crippen LogP contribution in [0.2, 0.25) is 0 Å². The highest BCUT2D eigenvalue weighted by Crippen LogP contribution is 2.26. The van der Waals surface area contributed by atoms with Crippen molar-refractivity contribution in [2.75, 3.05) is 13.2 Å². The van der Waals surface area contributed by atoms with Gasteiger partial charge in [-0.2, -0.15) is 0 Å². The summed E-state index contributed by atoms with van der Waals surface area (Å²) in [7, 11) is 0. The average molecular weight is 281 g/mol. The van der Waals surface area contributed by atoms with Crippen molar-refractivity contribution in [3.8, 4) is 0 Å². The Kier molecular flexibility index (Phi) is 6.59. The molecule has 0 spiro atoms. The van der Waals surface area contributed by atoms with E-state index in [9.17, 15) is 9.59 Å². The van der Waals surface area contributed by atoms with Crippen molar-refractivity contribution in [2.45, 2.75) is 30.4 Å². The van der Waals surface area contributed by atoms with Gasteiger partial charge in [0.1, 0.15) is 11.0 Å². The number of benzene rings is 1. The first kappa shape index (κ1) is 15.7. The minimum Gasteiger partial charge on any atom is -0.465 e. The van der Waals surface area contributed by atoms with Gasteiger partial charge in [0.2, 0.25) is 0 Å². The average Bonchev–Trinajstić information content (AvgIpc) is 2.40. The number of carbonyl (C=O) groups is 2. The Morgan fingerprint density at radius 3 is 2.47 bits per heavy atom. The van der Waals surface area contributed by atoms with Gasteiger partial charge in [0.25, 0.3) is 0 Å². The summed E-state index contributed by atoms with van der Waals surface area (Å²) in [4.78, 5) is 24.2.